The molecule has 0 fully saturated rings. The molecule has 0 spiro atoms. The van der Waals surface area contributed by atoms with Crippen LogP contribution in [0.15, 0.2) is 24.4 Å². The molecule has 1 atom stereocenters. The van der Waals surface area contributed by atoms with E-state index in [2.05, 4.69) is 18.4 Å². The fourth-order valence-electron chi connectivity index (χ4n) is 2.46. The van der Waals surface area contributed by atoms with Gasteiger partial charge in [0, 0.05) is 28.7 Å². The van der Waals surface area contributed by atoms with Gasteiger partial charge < -0.3 is 4.57 Å². The van der Waals surface area contributed by atoms with Gasteiger partial charge in [0.15, 0.2) is 6.29 Å². The molecule has 2 aromatic rings. The van der Waals surface area contributed by atoms with Crippen molar-refractivity contribution in [2.24, 2.45) is 5.92 Å². The summed E-state index contributed by atoms with van der Waals surface area (Å²) in [6.07, 6.45) is 5.22. The van der Waals surface area contributed by atoms with Crippen molar-refractivity contribution in [3.8, 4) is 0 Å². The quantitative estimate of drug-likeness (QED) is 0.726. The number of carbonyl (C=O) groups excluding carboxylic acids is 1. The van der Waals surface area contributed by atoms with Gasteiger partial charge in [-0.05, 0) is 24.5 Å². The lowest BCUT2D eigenvalue weighted by Crippen LogP contribution is -2.06. The SMILES string of the molecule is CCCC(C)Cn1cc(C=O)c2ccc(Cl)cc21. The molecule has 1 unspecified atom stereocenters. The van der Waals surface area contributed by atoms with Crippen LogP contribution in [0, 0.1) is 5.92 Å². The molecule has 0 radical (unpaired) electrons. The van der Waals surface area contributed by atoms with E-state index in [1.54, 1.807) is 0 Å². The summed E-state index contributed by atoms with van der Waals surface area (Å²) in [5.74, 6) is 0.601. The van der Waals surface area contributed by atoms with E-state index in [1.807, 2.05) is 24.4 Å². The first-order valence-electron chi connectivity index (χ1n) is 6.39. The average molecular weight is 264 g/mol. The third-order valence-corrected chi connectivity index (χ3v) is 3.53. The number of benzene rings is 1. The van der Waals surface area contributed by atoms with E-state index in [-0.39, 0.29) is 0 Å². The van der Waals surface area contributed by atoms with Gasteiger partial charge in [0.25, 0.3) is 0 Å². The van der Waals surface area contributed by atoms with Crippen molar-refractivity contribution in [2.75, 3.05) is 0 Å². The largest absolute Gasteiger partial charge is 0.346 e. The lowest BCUT2D eigenvalue weighted by atomic mass is 10.1. The van der Waals surface area contributed by atoms with Crippen LogP contribution < -0.4 is 0 Å². The second kappa shape index (κ2) is 5.57. The number of hydrogen-bond donors (Lipinski definition) is 0. The van der Waals surface area contributed by atoms with Crippen molar-refractivity contribution in [1.82, 2.24) is 4.57 Å². The van der Waals surface area contributed by atoms with Gasteiger partial charge in [0.05, 0.1) is 5.52 Å². The second-order valence-electron chi connectivity index (χ2n) is 4.91. The van der Waals surface area contributed by atoms with Gasteiger partial charge in [-0.1, -0.05) is 37.9 Å². The van der Waals surface area contributed by atoms with Crippen LogP contribution in [0.25, 0.3) is 10.9 Å². The Bertz CT molecular complexity index is 559. The summed E-state index contributed by atoms with van der Waals surface area (Å²) in [5, 5.41) is 1.69. The summed E-state index contributed by atoms with van der Waals surface area (Å²) in [6, 6.07) is 5.68. The van der Waals surface area contributed by atoms with Crippen molar-refractivity contribution >= 4 is 28.8 Å². The molecule has 1 heterocycles. The molecule has 0 aliphatic carbocycles. The van der Waals surface area contributed by atoms with Gasteiger partial charge in [0.2, 0.25) is 0 Å². The first-order chi connectivity index (χ1) is 8.65. The van der Waals surface area contributed by atoms with E-state index in [0.29, 0.717) is 10.9 Å². The first-order valence-corrected chi connectivity index (χ1v) is 6.77. The Kier molecular flexibility index (Phi) is 4.07. The fraction of sp³-hybridized carbons (Fsp3) is 0.400. The molecular weight excluding hydrogens is 246 g/mol. The molecule has 1 aromatic heterocycles. The fourth-order valence-corrected chi connectivity index (χ4v) is 2.62. The van der Waals surface area contributed by atoms with Gasteiger partial charge in [-0.3, -0.25) is 4.79 Å². The molecule has 0 saturated carbocycles. The van der Waals surface area contributed by atoms with Crippen molar-refractivity contribution in [1.29, 1.82) is 0 Å². The molecule has 2 rings (SSSR count). The molecule has 0 aliphatic heterocycles. The topological polar surface area (TPSA) is 22.0 Å². The molecule has 0 saturated heterocycles. The highest BCUT2D eigenvalue weighted by molar-refractivity contribution is 6.31. The van der Waals surface area contributed by atoms with Crippen LogP contribution in [0.1, 0.15) is 37.0 Å². The van der Waals surface area contributed by atoms with Crippen LogP contribution in [0.4, 0.5) is 0 Å². The zero-order valence-corrected chi connectivity index (χ0v) is 11.6. The van der Waals surface area contributed by atoms with E-state index in [1.165, 1.54) is 12.8 Å². The van der Waals surface area contributed by atoms with E-state index in [0.717, 1.165) is 29.3 Å². The van der Waals surface area contributed by atoms with Crippen LogP contribution in [0.5, 0.6) is 0 Å². The lowest BCUT2D eigenvalue weighted by Gasteiger charge is -2.12. The lowest BCUT2D eigenvalue weighted by molar-refractivity contribution is 0.112. The van der Waals surface area contributed by atoms with Gasteiger partial charge in [0.1, 0.15) is 0 Å². The number of nitrogens with zero attached hydrogens (tertiary/aromatic N) is 1. The summed E-state index contributed by atoms with van der Waals surface area (Å²) in [7, 11) is 0. The normalized spacial score (nSPS) is 12.8. The highest BCUT2D eigenvalue weighted by atomic mass is 35.5. The van der Waals surface area contributed by atoms with Gasteiger partial charge >= 0.3 is 0 Å². The minimum absolute atomic E-state index is 0.601. The number of aromatic nitrogens is 1. The van der Waals surface area contributed by atoms with Gasteiger partial charge in [-0.2, -0.15) is 0 Å². The maximum Gasteiger partial charge on any atom is 0.152 e. The Hall–Kier alpha value is -1.28. The Morgan fingerprint density at radius 3 is 2.89 bits per heavy atom. The van der Waals surface area contributed by atoms with Crippen molar-refractivity contribution < 1.29 is 4.79 Å². The predicted octanol–water partition coefficient (Wildman–Crippen LogP) is 4.54. The highest BCUT2D eigenvalue weighted by Crippen LogP contribution is 2.25. The van der Waals surface area contributed by atoms with E-state index in [9.17, 15) is 4.79 Å². The zero-order valence-electron chi connectivity index (χ0n) is 10.8. The molecule has 3 heteroatoms. The third kappa shape index (κ3) is 2.59. The van der Waals surface area contributed by atoms with Gasteiger partial charge in [-0.25, -0.2) is 0 Å². The maximum absolute atomic E-state index is 11.1. The summed E-state index contributed by atoms with van der Waals surface area (Å²) < 4.78 is 2.14. The summed E-state index contributed by atoms with van der Waals surface area (Å²) in [6.45, 7) is 5.36. The summed E-state index contributed by atoms with van der Waals surface area (Å²) in [4.78, 5) is 11.1. The first kappa shape index (κ1) is 13.2. The molecule has 0 aliphatic rings. The average Bonchev–Trinajstić information content (AvgIpc) is 2.67. The molecule has 0 amide bonds. The number of carbonyl (C=O) groups is 1. The molecule has 18 heavy (non-hydrogen) atoms. The van der Waals surface area contributed by atoms with Gasteiger partial charge in [-0.15, -0.1) is 0 Å². The van der Waals surface area contributed by atoms with E-state index in [4.69, 9.17) is 11.6 Å². The highest BCUT2D eigenvalue weighted by Gasteiger charge is 2.10. The van der Waals surface area contributed by atoms with Crippen LogP contribution in [0.3, 0.4) is 0 Å². The van der Waals surface area contributed by atoms with Crippen molar-refractivity contribution in [3.05, 3.63) is 35.0 Å². The maximum atomic E-state index is 11.1. The Labute approximate surface area is 113 Å². The smallest absolute Gasteiger partial charge is 0.152 e. The molecular formula is C15H18ClNO. The number of aldehydes is 1. The van der Waals surface area contributed by atoms with E-state index >= 15 is 0 Å². The zero-order chi connectivity index (χ0) is 13.1. The standard InChI is InChI=1S/C15H18ClNO/c1-3-4-11(2)8-17-9-12(10-18)14-6-5-13(16)7-15(14)17/h5-7,9-11H,3-4,8H2,1-2H3. The Morgan fingerprint density at radius 2 is 2.22 bits per heavy atom. The third-order valence-electron chi connectivity index (χ3n) is 3.29. The second-order valence-corrected chi connectivity index (χ2v) is 5.35. The van der Waals surface area contributed by atoms with Crippen molar-refractivity contribution in [3.63, 3.8) is 0 Å². The number of rotatable bonds is 5. The van der Waals surface area contributed by atoms with Crippen molar-refractivity contribution in [2.45, 2.75) is 33.2 Å². The van der Waals surface area contributed by atoms with E-state index < -0.39 is 0 Å². The monoisotopic (exact) mass is 263 g/mol. The van der Waals surface area contributed by atoms with Crippen LogP contribution >= 0.6 is 11.6 Å². The minimum Gasteiger partial charge on any atom is -0.346 e. The molecule has 1 aromatic carbocycles. The Morgan fingerprint density at radius 1 is 1.44 bits per heavy atom. The molecule has 0 bridgehead atoms. The molecule has 2 nitrogen and oxygen atoms in total. The number of fused-ring (bicyclic) bond motifs is 1. The predicted molar refractivity (Wildman–Crippen MR) is 76.4 cm³/mol. The Balaban J connectivity index is 2.43. The van der Waals surface area contributed by atoms with Crippen LogP contribution in [0.2, 0.25) is 5.02 Å². The summed E-state index contributed by atoms with van der Waals surface area (Å²) >= 11 is 6.04. The van der Waals surface area contributed by atoms with Crippen LogP contribution in [-0.2, 0) is 6.54 Å². The summed E-state index contributed by atoms with van der Waals surface area (Å²) in [5.41, 5.74) is 1.79. The number of halogens is 1. The molecule has 0 N–H and O–H groups in total. The van der Waals surface area contributed by atoms with Crippen LogP contribution in [-0.4, -0.2) is 10.9 Å². The number of hydrogen-bond acceptors (Lipinski definition) is 1. The molecule has 96 valence electrons. The minimum atomic E-state index is 0.601.